The Labute approximate surface area is 188 Å². The van der Waals surface area contributed by atoms with Crippen LogP contribution >= 0.6 is 0 Å². The summed E-state index contributed by atoms with van der Waals surface area (Å²) >= 11 is 0. The maximum Gasteiger partial charge on any atom is 0.255 e. The van der Waals surface area contributed by atoms with Crippen molar-refractivity contribution in [2.75, 3.05) is 17.7 Å². The van der Waals surface area contributed by atoms with Gasteiger partial charge in [0, 0.05) is 35.6 Å². The molecule has 0 unspecified atom stereocenters. The van der Waals surface area contributed by atoms with E-state index in [4.69, 9.17) is 0 Å². The van der Waals surface area contributed by atoms with Crippen molar-refractivity contribution in [3.63, 3.8) is 0 Å². The maximum absolute atomic E-state index is 12.6. The van der Waals surface area contributed by atoms with Crippen LogP contribution in [0.3, 0.4) is 0 Å². The topological polar surface area (TPSA) is 95.6 Å². The van der Waals surface area contributed by atoms with Crippen molar-refractivity contribution >= 4 is 33.2 Å². The van der Waals surface area contributed by atoms with Crippen LogP contribution in [0.25, 0.3) is 0 Å². The molecule has 8 heteroatoms. The Balaban J connectivity index is 1.70. The molecule has 3 aromatic carbocycles. The summed E-state index contributed by atoms with van der Waals surface area (Å²) in [6.45, 7) is 3.57. The van der Waals surface area contributed by atoms with Crippen molar-refractivity contribution in [3.8, 4) is 0 Å². The highest BCUT2D eigenvalue weighted by Crippen LogP contribution is 2.20. The van der Waals surface area contributed by atoms with Crippen LogP contribution in [0.15, 0.2) is 83.8 Å². The molecule has 7 nitrogen and oxygen atoms in total. The van der Waals surface area contributed by atoms with Crippen molar-refractivity contribution < 1.29 is 18.0 Å². The van der Waals surface area contributed by atoms with Gasteiger partial charge in [0.1, 0.15) is 0 Å². The van der Waals surface area contributed by atoms with Gasteiger partial charge in [0.25, 0.3) is 11.8 Å². The smallest absolute Gasteiger partial charge is 0.255 e. The lowest BCUT2D eigenvalue weighted by Crippen LogP contribution is -2.33. The number of amides is 2. The average Bonchev–Trinajstić information content (AvgIpc) is 2.79. The lowest BCUT2D eigenvalue weighted by Gasteiger charge is -2.21. The number of nitrogens with zero attached hydrogens (tertiary/aromatic N) is 1. The standard InChI is InChI=1S/C24H25N3O4S/c1-17(2)27(3)32(30,31)22-14-12-19(13-15-22)24(29)26-21-11-7-10-20(16-21)25-23(28)18-8-5-4-6-9-18/h4-17H,1-3H3,(H,25,28)(H,26,29). The minimum absolute atomic E-state index is 0.121. The monoisotopic (exact) mass is 451 g/mol. The van der Waals surface area contributed by atoms with Crippen molar-refractivity contribution in [3.05, 3.63) is 90.0 Å². The van der Waals surface area contributed by atoms with E-state index >= 15 is 0 Å². The van der Waals surface area contributed by atoms with Crippen molar-refractivity contribution in [1.29, 1.82) is 0 Å². The highest BCUT2D eigenvalue weighted by atomic mass is 32.2. The lowest BCUT2D eigenvalue weighted by molar-refractivity contribution is 0.101. The van der Waals surface area contributed by atoms with E-state index in [1.165, 1.54) is 35.6 Å². The van der Waals surface area contributed by atoms with E-state index in [0.717, 1.165) is 0 Å². The fourth-order valence-corrected chi connectivity index (χ4v) is 4.26. The molecule has 0 aliphatic carbocycles. The third-order valence-electron chi connectivity index (χ3n) is 4.93. The number of carbonyl (C=O) groups excluding carboxylic acids is 2. The Morgan fingerprint density at radius 2 is 1.25 bits per heavy atom. The first-order chi connectivity index (χ1) is 15.2. The highest BCUT2D eigenvalue weighted by Gasteiger charge is 2.23. The molecule has 166 valence electrons. The zero-order chi connectivity index (χ0) is 23.3. The number of rotatable bonds is 7. The zero-order valence-electron chi connectivity index (χ0n) is 18.1. The van der Waals surface area contributed by atoms with Gasteiger partial charge in [-0.3, -0.25) is 9.59 Å². The van der Waals surface area contributed by atoms with Crippen LogP contribution in [0, 0.1) is 0 Å². The van der Waals surface area contributed by atoms with Crippen molar-refractivity contribution in [1.82, 2.24) is 4.31 Å². The van der Waals surface area contributed by atoms with Gasteiger partial charge in [0.05, 0.1) is 4.90 Å². The van der Waals surface area contributed by atoms with Crippen molar-refractivity contribution in [2.45, 2.75) is 24.8 Å². The summed E-state index contributed by atoms with van der Waals surface area (Å²) in [5, 5.41) is 5.55. The molecular weight excluding hydrogens is 426 g/mol. The quantitative estimate of drug-likeness (QED) is 0.562. The largest absolute Gasteiger partial charge is 0.322 e. The van der Waals surface area contributed by atoms with Crippen LogP contribution in [0.2, 0.25) is 0 Å². The summed E-state index contributed by atoms with van der Waals surface area (Å²) in [4.78, 5) is 25.1. The maximum atomic E-state index is 12.6. The number of sulfonamides is 1. The molecule has 3 aromatic rings. The van der Waals surface area contributed by atoms with Crippen LogP contribution in [-0.2, 0) is 10.0 Å². The molecule has 2 N–H and O–H groups in total. The molecular formula is C24H25N3O4S. The lowest BCUT2D eigenvalue weighted by atomic mass is 10.2. The molecule has 0 radical (unpaired) electrons. The number of nitrogens with one attached hydrogen (secondary N) is 2. The molecule has 0 aliphatic heterocycles. The summed E-state index contributed by atoms with van der Waals surface area (Å²) in [7, 11) is -2.10. The van der Waals surface area contributed by atoms with Crippen LogP contribution in [-0.4, -0.2) is 37.6 Å². The molecule has 0 bridgehead atoms. The molecule has 0 spiro atoms. The van der Waals surface area contributed by atoms with Gasteiger partial charge >= 0.3 is 0 Å². The number of benzene rings is 3. The number of hydrogen-bond donors (Lipinski definition) is 2. The first-order valence-corrected chi connectivity index (χ1v) is 11.5. The van der Waals surface area contributed by atoms with E-state index in [0.29, 0.717) is 22.5 Å². The second-order valence-electron chi connectivity index (χ2n) is 7.49. The molecule has 2 amide bonds. The molecule has 0 atom stereocenters. The van der Waals surface area contributed by atoms with Gasteiger partial charge in [0.15, 0.2) is 0 Å². The summed E-state index contributed by atoms with van der Waals surface area (Å²) < 4.78 is 26.4. The fourth-order valence-electron chi connectivity index (χ4n) is 2.89. The third kappa shape index (κ3) is 5.40. The summed E-state index contributed by atoms with van der Waals surface area (Å²) in [5.41, 5.74) is 1.88. The van der Waals surface area contributed by atoms with Gasteiger partial charge in [-0.15, -0.1) is 0 Å². The van der Waals surface area contributed by atoms with Crippen molar-refractivity contribution in [2.24, 2.45) is 0 Å². The van der Waals surface area contributed by atoms with Gasteiger partial charge in [-0.25, -0.2) is 8.42 Å². The van der Waals surface area contributed by atoms with Gasteiger partial charge < -0.3 is 10.6 Å². The Bertz CT molecular complexity index is 1210. The van der Waals surface area contributed by atoms with Gasteiger partial charge in [-0.2, -0.15) is 4.31 Å². The van der Waals surface area contributed by atoms with Gasteiger partial charge in [0.2, 0.25) is 10.0 Å². The molecule has 0 fully saturated rings. The van der Waals surface area contributed by atoms with E-state index in [-0.39, 0.29) is 16.8 Å². The molecule has 0 heterocycles. The zero-order valence-corrected chi connectivity index (χ0v) is 18.9. The van der Waals surface area contributed by atoms with Gasteiger partial charge in [-0.1, -0.05) is 24.3 Å². The van der Waals surface area contributed by atoms with Crippen LogP contribution in [0.5, 0.6) is 0 Å². The van der Waals surface area contributed by atoms with Gasteiger partial charge in [-0.05, 0) is 68.4 Å². The molecule has 32 heavy (non-hydrogen) atoms. The van der Waals surface area contributed by atoms with E-state index in [1.54, 1.807) is 62.4 Å². The van der Waals surface area contributed by atoms with Crippen LogP contribution in [0.4, 0.5) is 11.4 Å². The summed E-state index contributed by atoms with van der Waals surface area (Å²) in [6.07, 6.45) is 0. The first kappa shape index (κ1) is 23.2. The Hall–Kier alpha value is -3.49. The van der Waals surface area contributed by atoms with E-state index in [1.807, 2.05) is 6.07 Å². The molecule has 0 saturated heterocycles. The molecule has 3 rings (SSSR count). The van der Waals surface area contributed by atoms with E-state index < -0.39 is 15.9 Å². The number of hydrogen-bond acceptors (Lipinski definition) is 4. The molecule has 0 saturated carbocycles. The minimum atomic E-state index is -3.62. The highest BCUT2D eigenvalue weighted by molar-refractivity contribution is 7.89. The SMILES string of the molecule is CC(C)N(C)S(=O)(=O)c1ccc(C(=O)Nc2cccc(NC(=O)c3ccccc3)c2)cc1. The Morgan fingerprint density at radius 1 is 0.750 bits per heavy atom. The average molecular weight is 452 g/mol. The number of carbonyl (C=O) groups is 2. The second kappa shape index (κ2) is 9.76. The Morgan fingerprint density at radius 3 is 1.75 bits per heavy atom. The molecule has 0 aromatic heterocycles. The van der Waals surface area contributed by atoms with Crippen LogP contribution in [0.1, 0.15) is 34.6 Å². The predicted molar refractivity (Wildman–Crippen MR) is 125 cm³/mol. The van der Waals surface area contributed by atoms with E-state index in [2.05, 4.69) is 10.6 Å². The number of anilines is 2. The summed E-state index contributed by atoms with van der Waals surface area (Å²) in [5.74, 6) is -0.644. The predicted octanol–water partition coefficient (Wildman–Crippen LogP) is 4.22. The second-order valence-corrected chi connectivity index (χ2v) is 9.49. The minimum Gasteiger partial charge on any atom is -0.322 e. The fraction of sp³-hybridized carbons (Fsp3) is 0.167. The summed E-state index contributed by atoms with van der Waals surface area (Å²) in [6, 6.07) is 21.2. The third-order valence-corrected chi connectivity index (χ3v) is 6.98. The normalized spacial score (nSPS) is 11.4. The molecule has 0 aliphatic rings. The first-order valence-electron chi connectivity index (χ1n) is 10.0. The Kier molecular flexibility index (Phi) is 7.07. The van der Waals surface area contributed by atoms with E-state index in [9.17, 15) is 18.0 Å². The van der Waals surface area contributed by atoms with Crippen LogP contribution < -0.4 is 10.6 Å².